The number of hydrogen-bond acceptors (Lipinski definition) is 4. The van der Waals surface area contributed by atoms with Gasteiger partial charge in [-0.2, -0.15) is 4.68 Å². The predicted molar refractivity (Wildman–Crippen MR) is 116 cm³/mol. The zero-order chi connectivity index (χ0) is 20.0. The smallest absolute Gasteiger partial charge is 0.282 e. The molecule has 7 heteroatoms. The summed E-state index contributed by atoms with van der Waals surface area (Å²) in [6, 6.07) is 19.3. The van der Waals surface area contributed by atoms with E-state index in [-0.39, 0.29) is 11.1 Å². The number of hydrogen-bond donors (Lipinski definition) is 1. The summed E-state index contributed by atoms with van der Waals surface area (Å²) in [7, 11) is 0. The molecule has 0 saturated carbocycles. The summed E-state index contributed by atoms with van der Waals surface area (Å²) < 4.78 is 4.11. The van der Waals surface area contributed by atoms with Gasteiger partial charge >= 0.3 is 0 Å². The standard InChI is InChI=1S/C22H18N4O2S/c1-14-20-17(13-19(27)25(14)12-11-15-7-3-2-4-8-15)24-26(21(20)28)22-23-16-9-5-6-10-18(16)29-22/h2-10,13,24H,11-12H2,1H3. The van der Waals surface area contributed by atoms with E-state index in [1.165, 1.54) is 22.1 Å². The summed E-state index contributed by atoms with van der Waals surface area (Å²) in [6.07, 6.45) is 0.726. The highest BCUT2D eigenvalue weighted by molar-refractivity contribution is 7.20. The summed E-state index contributed by atoms with van der Waals surface area (Å²) in [6.45, 7) is 2.35. The molecule has 0 saturated heterocycles. The molecule has 0 amide bonds. The Bertz CT molecular complexity index is 1420. The molecule has 1 N–H and O–H groups in total. The molecule has 0 fully saturated rings. The first kappa shape index (κ1) is 17.6. The Balaban J connectivity index is 1.61. The lowest BCUT2D eigenvalue weighted by Gasteiger charge is -2.10. The van der Waals surface area contributed by atoms with Gasteiger partial charge in [-0.05, 0) is 31.0 Å². The van der Waals surface area contributed by atoms with Crippen LogP contribution in [0.15, 0.2) is 70.3 Å². The number of aromatic nitrogens is 4. The highest BCUT2D eigenvalue weighted by Crippen LogP contribution is 2.24. The molecule has 0 aliphatic heterocycles. The Morgan fingerprint density at radius 3 is 2.59 bits per heavy atom. The molecule has 5 rings (SSSR count). The molecule has 0 unspecified atom stereocenters. The largest absolute Gasteiger partial charge is 0.312 e. The number of H-pyrrole nitrogens is 1. The Morgan fingerprint density at radius 1 is 1.03 bits per heavy atom. The maximum absolute atomic E-state index is 13.1. The van der Waals surface area contributed by atoms with E-state index in [4.69, 9.17) is 0 Å². The fourth-order valence-electron chi connectivity index (χ4n) is 3.66. The Morgan fingerprint density at radius 2 is 1.79 bits per heavy atom. The third-order valence-electron chi connectivity index (χ3n) is 5.16. The van der Waals surface area contributed by atoms with Crippen LogP contribution >= 0.6 is 11.3 Å². The van der Waals surface area contributed by atoms with Crippen LogP contribution in [0.3, 0.4) is 0 Å². The molecule has 0 aliphatic rings. The highest BCUT2D eigenvalue weighted by Gasteiger charge is 2.17. The molecule has 3 heterocycles. The lowest BCUT2D eigenvalue weighted by atomic mass is 10.1. The number of aromatic amines is 1. The zero-order valence-electron chi connectivity index (χ0n) is 15.8. The van der Waals surface area contributed by atoms with Crippen molar-refractivity contribution < 1.29 is 0 Å². The van der Waals surface area contributed by atoms with Crippen molar-refractivity contribution in [2.24, 2.45) is 0 Å². The van der Waals surface area contributed by atoms with Crippen molar-refractivity contribution in [3.8, 4) is 5.13 Å². The molecule has 2 aromatic carbocycles. The third-order valence-corrected chi connectivity index (χ3v) is 6.18. The number of rotatable bonds is 4. The van der Waals surface area contributed by atoms with Crippen LogP contribution in [0.25, 0.3) is 26.3 Å². The molecule has 3 aromatic heterocycles. The first-order valence-electron chi connectivity index (χ1n) is 9.37. The number of nitrogens with one attached hydrogen (secondary N) is 1. The Hall–Kier alpha value is -3.45. The third kappa shape index (κ3) is 3.00. The fourth-order valence-corrected chi connectivity index (χ4v) is 4.59. The second kappa shape index (κ2) is 6.86. The van der Waals surface area contributed by atoms with E-state index < -0.39 is 0 Å². The second-order valence-corrected chi connectivity index (χ2v) is 7.97. The van der Waals surface area contributed by atoms with E-state index in [9.17, 15) is 9.59 Å². The van der Waals surface area contributed by atoms with Gasteiger partial charge in [0.25, 0.3) is 11.1 Å². The van der Waals surface area contributed by atoms with Gasteiger partial charge in [0, 0.05) is 18.3 Å². The van der Waals surface area contributed by atoms with E-state index in [1.54, 1.807) is 4.57 Å². The van der Waals surface area contributed by atoms with E-state index in [1.807, 2.05) is 61.5 Å². The van der Waals surface area contributed by atoms with Crippen LogP contribution in [0.5, 0.6) is 0 Å². The van der Waals surface area contributed by atoms with Gasteiger partial charge in [-0.3, -0.25) is 14.7 Å². The van der Waals surface area contributed by atoms with E-state index in [0.29, 0.717) is 28.3 Å². The molecule has 0 bridgehead atoms. The number of nitrogens with zero attached hydrogens (tertiary/aromatic N) is 3. The van der Waals surface area contributed by atoms with Crippen molar-refractivity contribution in [3.63, 3.8) is 0 Å². The molecule has 144 valence electrons. The average Bonchev–Trinajstić information content (AvgIpc) is 3.29. The van der Waals surface area contributed by atoms with Crippen LogP contribution in [0.2, 0.25) is 0 Å². The van der Waals surface area contributed by atoms with Crippen molar-refractivity contribution in [1.29, 1.82) is 0 Å². The molecular formula is C22H18N4O2S. The van der Waals surface area contributed by atoms with Crippen LogP contribution in [0, 0.1) is 6.92 Å². The van der Waals surface area contributed by atoms with Gasteiger partial charge in [-0.25, -0.2) is 4.98 Å². The number of benzene rings is 2. The summed E-state index contributed by atoms with van der Waals surface area (Å²) in [5.74, 6) is 0. The molecule has 0 aliphatic carbocycles. The summed E-state index contributed by atoms with van der Waals surface area (Å²) in [5, 5.41) is 4.15. The van der Waals surface area contributed by atoms with Crippen LogP contribution < -0.4 is 11.1 Å². The van der Waals surface area contributed by atoms with Crippen molar-refractivity contribution in [1.82, 2.24) is 19.3 Å². The van der Waals surface area contributed by atoms with Gasteiger partial charge in [0.2, 0.25) is 5.13 Å². The van der Waals surface area contributed by atoms with Crippen molar-refractivity contribution >= 4 is 32.5 Å². The minimum Gasteiger partial charge on any atom is -0.312 e. The number of fused-ring (bicyclic) bond motifs is 2. The second-order valence-electron chi connectivity index (χ2n) is 6.96. The Kier molecular flexibility index (Phi) is 4.17. The monoisotopic (exact) mass is 402 g/mol. The molecule has 5 aromatic rings. The van der Waals surface area contributed by atoms with E-state index in [2.05, 4.69) is 10.1 Å². The number of thiazole rings is 1. The minimum absolute atomic E-state index is 0.122. The SMILES string of the molecule is Cc1c2c(=O)n(-c3nc4ccccc4s3)[nH]c2cc(=O)n1CCc1ccccc1. The van der Waals surface area contributed by atoms with Crippen molar-refractivity contribution in [2.75, 3.05) is 0 Å². The number of para-hydroxylation sites is 1. The maximum atomic E-state index is 13.1. The summed E-state index contributed by atoms with van der Waals surface area (Å²) in [4.78, 5) is 30.4. The predicted octanol–water partition coefficient (Wildman–Crippen LogP) is 3.64. The first-order chi connectivity index (χ1) is 14.1. The maximum Gasteiger partial charge on any atom is 0.282 e. The quantitative estimate of drug-likeness (QED) is 0.499. The lowest BCUT2D eigenvalue weighted by molar-refractivity contribution is 0.655. The van der Waals surface area contributed by atoms with Crippen molar-refractivity contribution in [3.05, 3.63) is 92.6 Å². The molecule has 0 radical (unpaired) electrons. The normalized spacial score (nSPS) is 11.5. The van der Waals surface area contributed by atoms with Crippen LogP contribution in [0.1, 0.15) is 11.3 Å². The van der Waals surface area contributed by atoms with Crippen molar-refractivity contribution in [2.45, 2.75) is 19.9 Å². The molecular weight excluding hydrogens is 384 g/mol. The lowest BCUT2D eigenvalue weighted by Crippen LogP contribution is -2.24. The Labute approximate surface area is 169 Å². The van der Waals surface area contributed by atoms with Gasteiger partial charge < -0.3 is 4.57 Å². The topological polar surface area (TPSA) is 72.7 Å². The average molecular weight is 402 g/mol. The minimum atomic E-state index is -0.190. The molecule has 6 nitrogen and oxygen atoms in total. The first-order valence-corrected chi connectivity index (χ1v) is 10.2. The van der Waals surface area contributed by atoms with Crippen LogP contribution in [-0.4, -0.2) is 19.3 Å². The van der Waals surface area contributed by atoms with Crippen LogP contribution in [-0.2, 0) is 13.0 Å². The van der Waals surface area contributed by atoms with E-state index >= 15 is 0 Å². The van der Waals surface area contributed by atoms with E-state index in [0.717, 1.165) is 22.2 Å². The highest BCUT2D eigenvalue weighted by atomic mass is 32.1. The van der Waals surface area contributed by atoms with Gasteiger partial charge in [-0.15, -0.1) is 0 Å². The number of aryl methyl sites for hydroxylation is 2. The fraction of sp³-hybridized carbons (Fsp3) is 0.136. The van der Waals surface area contributed by atoms with Gasteiger partial charge in [-0.1, -0.05) is 53.8 Å². The summed E-state index contributed by atoms with van der Waals surface area (Å²) >= 11 is 1.44. The molecule has 0 spiro atoms. The zero-order valence-corrected chi connectivity index (χ0v) is 16.6. The summed E-state index contributed by atoms with van der Waals surface area (Å²) in [5.41, 5.74) is 2.89. The molecule has 29 heavy (non-hydrogen) atoms. The van der Waals surface area contributed by atoms with Gasteiger partial charge in [0.1, 0.15) is 0 Å². The van der Waals surface area contributed by atoms with Gasteiger partial charge in [0.05, 0.1) is 21.1 Å². The number of pyridine rings is 1. The van der Waals surface area contributed by atoms with Gasteiger partial charge in [0.15, 0.2) is 0 Å². The van der Waals surface area contributed by atoms with Crippen LogP contribution in [0.4, 0.5) is 0 Å². The molecule has 0 atom stereocenters.